The number of rotatable bonds is 4. The number of aromatic hydroxyl groups is 1. The number of aryl methyl sites for hydroxylation is 1. The van der Waals surface area contributed by atoms with Crippen molar-refractivity contribution in [1.29, 1.82) is 0 Å². The zero-order valence-electron chi connectivity index (χ0n) is 11.8. The number of benzene rings is 1. The lowest BCUT2D eigenvalue weighted by Gasteiger charge is -2.17. The summed E-state index contributed by atoms with van der Waals surface area (Å²) in [6.45, 7) is 2.00. The van der Waals surface area contributed by atoms with Gasteiger partial charge in [-0.15, -0.1) is 0 Å². The fourth-order valence-electron chi connectivity index (χ4n) is 1.87. The number of nitrogen functional groups attached to an aromatic ring is 1. The molecule has 6 nitrogen and oxygen atoms in total. The van der Waals surface area contributed by atoms with Gasteiger partial charge in [0.15, 0.2) is 0 Å². The van der Waals surface area contributed by atoms with Crippen molar-refractivity contribution in [2.45, 2.75) is 18.4 Å². The molecule has 0 aliphatic carbocycles. The van der Waals surface area contributed by atoms with Gasteiger partial charge in [0, 0.05) is 12.7 Å². The Morgan fingerprint density at radius 3 is 2.62 bits per heavy atom. The summed E-state index contributed by atoms with van der Waals surface area (Å²) in [6.07, 6.45) is 0. The number of nitrogens with zero attached hydrogens (tertiary/aromatic N) is 2. The maximum Gasteiger partial charge on any atom is 0.243 e. The molecule has 0 bridgehead atoms. The van der Waals surface area contributed by atoms with Crippen molar-refractivity contribution in [3.63, 3.8) is 0 Å². The molecule has 1 heterocycles. The highest BCUT2D eigenvalue weighted by molar-refractivity contribution is 7.89. The largest absolute Gasteiger partial charge is 0.506 e. The maximum absolute atomic E-state index is 12.4. The summed E-state index contributed by atoms with van der Waals surface area (Å²) >= 11 is 0. The molecule has 0 spiro atoms. The molecule has 0 amide bonds. The Labute approximate surface area is 123 Å². The van der Waals surface area contributed by atoms with Crippen LogP contribution in [0.2, 0.25) is 0 Å². The smallest absolute Gasteiger partial charge is 0.243 e. The highest BCUT2D eigenvalue weighted by Crippen LogP contribution is 2.25. The van der Waals surface area contributed by atoms with Crippen molar-refractivity contribution in [2.75, 3.05) is 12.8 Å². The van der Waals surface area contributed by atoms with Crippen LogP contribution in [0.4, 0.5) is 5.69 Å². The number of phenols is 1. The topological polar surface area (TPSA) is 96.5 Å². The Kier molecular flexibility index (Phi) is 4.15. The van der Waals surface area contributed by atoms with E-state index in [2.05, 4.69) is 4.98 Å². The first kappa shape index (κ1) is 15.3. The average Bonchev–Trinajstić information content (AvgIpc) is 2.41. The van der Waals surface area contributed by atoms with Crippen LogP contribution in [-0.4, -0.2) is 29.9 Å². The fourth-order valence-corrected chi connectivity index (χ4v) is 3.05. The molecular weight excluding hydrogens is 290 g/mol. The van der Waals surface area contributed by atoms with Crippen LogP contribution in [-0.2, 0) is 16.6 Å². The quantitative estimate of drug-likeness (QED) is 0.659. The van der Waals surface area contributed by atoms with Crippen LogP contribution in [0.5, 0.6) is 5.75 Å². The first-order valence-electron chi connectivity index (χ1n) is 6.28. The predicted molar refractivity (Wildman–Crippen MR) is 80.1 cm³/mol. The summed E-state index contributed by atoms with van der Waals surface area (Å²) in [5.41, 5.74) is 7.06. The number of hydrogen-bond acceptors (Lipinski definition) is 5. The highest BCUT2D eigenvalue weighted by atomic mass is 32.2. The van der Waals surface area contributed by atoms with Crippen molar-refractivity contribution in [3.8, 4) is 5.75 Å². The predicted octanol–water partition coefficient (Wildman–Crippen LogP) is 1.50. The lowest BCUT2D eigenvalue weighted by molar-refractivity contribution is 0.461. The molecule has 112 valence electrons. The molecule has 0 fully saturated rings. The molecule has 0 unspecified atom stereocenters. The van der Waals surface area contributed by atoms with E-state index in [1.54, 1.807) is 6.07 Å². The fraction of sp³-hybridized carbons (Fsp3) is 0.214. The maximum atomic E-state index is 12.4. The summed E-state index contributed by atoms with van der Waals surface area (Å²) in [5.74, 6) is -0.142. The molecule has 1 aromatic heterocycles. The molecule has 0 radical (unpaired) electrons. The van der Waals surface area contributed by atoms with E-state index >= 15 is 0 Å². The van der Waals surface area contributed by atoms with E-state index in [9.17, 15) is 13.5 Å². The molecule has 2 aromatic rings. The molecule has 0 saturated carbocycles. The Balaban J connectivity index is 2.28. The Hall–Kier alpha value is -2.12. The molecule has 0 atom stereocenters. The third-order valence-electron chi connectivity index (χ3n) is 3.04. The van der Waals surface area contributed by atoms with Crippen LogP contribution in [0.1, 0.15) is 11.4 Å². The van der Waals surface area contributed by atoms with Gasteiger partial charge < -0.3 is 10.8 Å². The highest BCUT2D eigenvalue weighted by Gasteiger charge is 2.22. The second-order valence-corrected chi connectivity index (χ2v) is 6.80. The van der Waals surface area contributed by atoms with Crippen LogP contribution < -0.4 is 5.73 Å². The number of anilines is 1. The van der Waals surface area contributed by atoms with Gasteiger partial charge in [-0.3, -0.25) is 4.98 Å². The zero-order chi connectivity index (χ0) is 15.6. The van der Waals surface area contributed by atoms with E-state index in [-0.39, 0.29) is 22.9 Å². The molecule has 3 N–H and O–H groups in total. The third kappa shape index (κ3) is 3.32. The normalized spacial score (nSPS) is 11.8. The van der Waals surface area contributed by atoms with Crippen LogP contribution in [0.15, 0.2) is 41.3 Å². The van der Waals surface area contributed by atoms with Gasteiger partial charge in [-0.05, 0) is 37.3 Å². The van der Waals surface area contributed by atoms with Crippen LogP contribution in [0, 0.1) is 6.92 Å². The molecule has 1 aromatic carbocycles. The minimum absolute atomic E-state index is 0.0261. The number of pyridine rings is 1. The van der Waals surface area contributed by atoms with Gasteiger partial charge >= 0.3 is 0 Å². The van der Waals surface area contributed by atoms with Gasteiger partial charge in [0.2, 0.25) is 10.0 Å². The van der Waals surface area contributed by atoms with Crippen LogP contribution in [0.3, 0.4) is 0 Å². The second kappa shape index (κ2) is 5.71. The number of hydrogen-bond donors (Lipinski definition) is 2. The van der Waals surface area contributed by atoms with Gasteiger partial charge in [-0.1, -0.05) is 6.07 Å². The standard InChI is InChI=1S/C14H17N3O3S/c1-10-4-3-5-11(16-10)9-17(2)21(19,20)12-6-7-14(18)13(15)8-12/h3-8,18H,9,15H2,1-2H3. The number of phenolic OH excluding ortho intramolecular Hbond substituents is 1. The molecule has 0 saturated heterocycles. The van der Waals surface area contributed by atoms with Gasteiger partial charge in [0.05, 0.1) is 22.8 Å². The molecule has 7 heteroatoms. The monoisotopic (exact) mass is 307 g/mol. The van der Waals surface area contributed by atoms with E-state index in [0.29, 0.717) is 5.69 Å². The summed E-state index contributed by atoms with van der Waals surface area (Å²) in [7, 11) is -2.21. The molecule has 2 rings (SSSR count). The van der Waals surface area contributed by atoms with Crippen LogP contribution >= 0.6 is 0 Å². The SMILES string of the molecule is Cc1cccc(CN(C)S(=O)(=O)c2ccc(O)c(N)c2)n1. The van der Waals surface area contributed by atoms with Gasteiger partial charge in [-0.25, -0.2) is 8.42 Å². The summed E-state index contributed by atoms with van der Waals surface area (Å²) in [4.78, 5) is 4.32. The number of sulfonamides is 1. The van der Waals surface area contributed by atoms with E-state index < -0.39 is 10.0 Å². The van der Waals surface area contributed by atoms with Crippen molar-refractivity contribution >= 4 is 15.7 Å². The Morgan fingerprint density at radius 1 is 1.29 bits per heavy atom. The Morgan fingerprint density at radius 2 is 2.00 bits per heavy atom. The number of aromatic nitrogens is 1. The van der Waals surface area contributed by atoms with E-state index in [0.717, 1.165) is 5.69 Å². The van der Waals surface area contributed by atoms with E-state index in [1.807, 2.05) is 19.1 Å². The van der Waals surface area contributed by atoms with Crippen molar-refractivity contribution in [1.82, 2.24) is 9.29 Å². The van der Waals surface area contributed by atoms with Gasteiger partial charge in [0.25, 0.3) is 0 Å². The summed E-state index contributed by atoms with van der Waals surface area (Å²) in [5, 5.41) is 9.37. The lowest BCUT2D eigenvalue weighted by atomic mass is 10.3. The van der Waals surface area contributed by atoms with Crippen molar-refractivity contribution in [3.05, 3.63) is 47.8 Å². The molecule has 0 aliphatic rings. The molecule has 0 aliphatic heterocycles. The summed E-state index contributed by atoms with van der Waals surface area (Å²) < 4.78 is 26.1. The molecular formula is C14H17N3O3S. The Bertz CT molecular complexity index is 760. The number of nitrogens with two attached hydrogens (primary N) is 1. The average molecular weight is 307 g/mol. The van der Waals surface area contributed by atoms with Crippen molar-refractivity contribution < 1.29 is 13.5 Å². The van der Waals surface area contributed by atoms with Gasteiger partial charge in [0.1, 0.15) is 5.75 Å². The van der Waals surface area contributed by atoms with Crippen LogP contribution in [0.25, 0.3) is 0 Å². The van der Waals surface area contributed by atoms with E-state index in [4.69, 9.17) is 5.73 Å². The van der Waals surface area contributed by atoms with Gasteiger partial charge in [-0.2, -0.15) is 4.31 Å². The third-order valence-corrected chi connectivity index (χ3v) is 4.84. The summed E-state index contributed by atoms with van der Waals surface area (Å²) in [6, 6.07) is 9.27. The lowest BCUT2D eigenvalue weighted by Crippen LogP contribution is -2.27. The second-order valence-electron chi connectivity index (χ2n) is 4.75. The first-order chi connectivity index (χ1) is 9.80. The van der Waals surface area contributed by atoms with E-state index in [1.165, 1.54) is 29.6 Å². The van der Waals surface area contributed by atoms with Crippen molar-refractivity contribution in [2.24, 2.45) is 0 Å². The first-order valence-corrected chi connectivity index (χ1v) is 7.72. The zero-order valence-corrected chi connectivity index (χ0v) is 12.6. The minimum Gasteiger partial charge on any atom is -0.506 e. The molecule has 21 heavy (non-hydrogen) atoms. The minimum atomic E-state index is -3.69.